The Hall–Kier alpha value is -0.650. The van der Waals surface area contributed by atoms with Crippen molar-refractivity contribution in [2.45, 2.75) is 13.0 Å². The molecule has 0 aromatic carbocycles. The quantitative estimate of drug-likeness (QED) is 0.612. The fourth-order valence-electron chi connectivity index (χ4n) is 1.12. The molecule has 0 amide bonds. The zero-order valence-corrected chi connectivity index (χ0v) is 10.6. The van der Waals surface area contributed by atoms with Gasteiger partial charge in [-0.1, -0.05) is 0 Å². The molecule has 1 heterocycles. The molecular weight excluding hydrogens is 228 g/mol. The van der Waals surface area contributed by atoms with E-state index in [2.05, 4.69) is 34.4 Å². The molecule has 1 aromatic rings. The zero-order valence-electron chi connectivity index (χ0n) is 8.95. The molecule has 5 heteroatoms. The highest BCUT2D eigenvalue weighted by molar-refractivity contribution is 7.80. The molecule has 0 aliphatic carbocycles. The molecule has 3 nitrogen and oxygen atoms in total. The van der Waals surface area contributed by atoms with Gasteiger partial charge >= 0.3 is 0 Å². The van der Waals surface area contributed by atoms with Gasteiger partial charge in [0.05, 0.1) is 12.6 Å². The van der Waals surface area contributed by atoms with Crippen LogP contribution in [-0.2, 0) is 4.74 Å². The zero-order chi connectivity index (χ0) is 11.1. The van der Waals surface area contributed by atoms with E-state index in [1.54, 1.807) is 18.4 Å². The molecule has 0 fully saturated rings. The summed E-state index contributed by atoms with van der Waals surface area (Å²) in [5.41, 5.74) is 1.26. The van der Waals surface area contributed by atoms with Crippen LogP contribution in [0.4, 0.5) is 0 Å². The fourth-order valence-corrected chi connectivity index (χ4v) is 2.15. The van der Waals surface area contributed by atoms with Crippen LogP contribution in [0.5, 0.6) is 0 Å². The normalized spacial score (nSPS) is 12.1. The van der Waals surface area contributed by atoms with Crippen LogP contribution >= 0.6 is 23.6 Å². The van der Waals surface area contributed by atoms with Crippen molar-refractivity contribution in [3.8, 4) is 0 Å². The van der Waals surface area contributed by atoms with Crippen LogP contribution in [0.2, 0.25) is 0 Å². The van der Waals surface area contributed by atoms with Gasteiger partial charge in [0, 0.05) is 13.7 Å². The maximum atomic E-state index is 5.14. The number of ether oxygens (including phenoxy) is 1. The largest absolute Gasteiger partial charge is 0.383 e. The van der Waals surface area contributed by atoms with Gasteiger partial charge in [-0.3, -0.25) is 0 Å². The minimum atomic E-state index is 0.249. The predicted octanol–water partition coefficient (Wildman–Crippen LogP) is 1.92. The second-order valence-corrected chi connectivity index (χ2v) is 4.36. The third-order valence-corrected chi connectivity index (χ3v) is 2.95. The molecule has 0 radical (unpaired) electrons. The summed E-state index contributed by atoms with van der Waals surface area (Å²) < 4.78 is 4.92. The molecule has 1 rings (SSSR count). The lowest BCUT2D eigenvalue weighted by atomic mass is 10.2. The number of rotatable bonds is 5. The highest BCUT2D eigenvalue weighted by Crippen LogP contribution is 2.14. The first-order valence-corrected chi connectivity index (χ1v) is 6.14. The summed E-state index contributed by atoms with van der Waals surface area (Å²) in [6.45, 7) is 3.49. The minimum absolute atomic E-state index is 0.249. The van der Waals surface area contributed by atoms with E-state index in [4.69, 9.17) is 17.0 Å². The topological polar surface area (TPSA) is 33.3 Å². The van der Waals surface area contributed by atoms with Crippen LogP contribution in [0, 0.1) is 0 Å². The average molecular weight is 244 g/mol. The lowest BCUT2D eigenvalue weighted by molar-refractivity contribution is 0.204. The summed E-state index contributed by atoms with van der Waals surface area (Å²) in [5.74, 6) is 0. The van der Waals surface area contributed by atoms with Gasteiger partial charge in [0.2, 0.25) is 0 Å². The van der Waals surface area contributed by atoms with E-state index in [0.717, 1.165) is 6.54 Å². The molecule has 0 saturated heterocycles. The first-order chi connectivity index (χ1) is 7.24. The van der Waals surface area contributed by atoms with Crippen molar-refractivity contribution in [3.63, 3.8) is 0 Å². The second-order valence-electron chi connectivity index (χ2n) is 3.17. The van der Waals surface area contributed by atoms with E-state index in [1.165, 1.54) is 5.56 Å². The number of nitrogens with one attached hydrogen (secondary N) is 2. The molecule has 0 bridgehead atoms. The fraction of sp³-hybridized carbons (Fsp3) is 0.500. The smallest absolute Gasteiger partial charge is 0.166 e. The summed E-state index contributed by atoms with van der Waals surface area (Å²) in [6, 6.07) is 2.35. The van der Waals surface area contributed by atoms with E-state index >= 15 is 0 Å². The van der Waals surface area contributed by atoms with Gasteiger partial charge < -0.3 is 15.4 Å². The molecule has 84 valence electrons. The van der Waals surface area contributed by atoms with Crippen molar-refractivity contribution in [1.82, 2.24) is 10.6 Å². The summed E-state index contributed by atoms with van der Waals surface area (Å²) >= 11 is 6.84. The van der Waals surface area contributed by atoms with E-state index in [9.17, 15) is 0 Å². The maximum Gasteiger partial charge on any atom is 0.166 e. The average Bonchev–Trinajstić information content (AvgIpc) is 2.70. The Morgan fingerprint density at radius 1 is 1.67 bits per heavy atom. The van der Waals surface area contributed by atoms with Crippen LogP contribution < -0.4 is 10.6 Å². The Morgan fingerprint density at radius 2 is 2.47 bits per heavy atom. The van der Waals surface area contributed by atoms with E-state index in [-0.39, 0.29) is 6.04 Å². The Bertz CT molecular complexity index is 288. The first-order valence-electron chi connectivity index (χ1n) is 4.79. The molecule has 1 aromatic heterocycles. The third kappa shape index (κ3) is 4.59. The van der Waals surface area contributed by atoms with E-state index in [1.807, 2.05) is 0 Å². The van der Waals surface area contributed by atoms with Gasteiger partial charge in [-0.2, -0.15) is 11.3 Å². The van der Waals surface area contributed by atoms with Crippen LogP contribution in [-0.4, -0.2) is 25.4 Å². The Balaban J connectivity index is 2.26. The number of hydrogen-bond donors (Lipinski definition) is 2. The maximum absolute atomic E-state index is 5.14. The number of methoxy groups -OCH3 is 1. The summed E-state index contributed by atoms with van der Waals surface area (Å²) in [7, 11) is 1.67. The van der Waals surface area contributed by atoms with E-state index < -0.39 is 0 Å². The van der Waals surface area contributed by atoms with Crippen molar-refractivity contribution in [1.29, 1.82) is 0 Å². The SMILES string of the molecule is COCCNC(=S)NC(C)c1ccsc1. The minimum Gasteiger partial charge on any atom is -0.383 e. The lowest BCUT2D eigenvalue weighted by Crippen LogP contribution is -2.38. The predicted molar refractivity (Wildman–Crippen MR) is 68.3 cm³/mol. The van der Waals surface area contributed by atoms with E-state index in [0.29, 0.717) is 11.7 Å². The number of thiocarbonyl (C=S) groups is 1. The van der Waals surface area contributed by atoms with Crippen LogP contribution in [0.3, 0.4) is 0 Å². The second kappa shape index (κ2) is 6.76. The van der Waals surface area contributed by atoms with Crippen molar-refractivity contribution < 1.29 is 4.74 Å². The van der Waals surface area contributed by atoms with Crippen LogP contribution in [0.25, 0.3) is 0 Å². The first kappa shape index (κ1) is 12.4. The molecule has 0 aliphatic heterocycles. The lowest BCUT2D eigenvalue weighted by Gasteiger charge is -2.15. The van der Waals surface area contributed by atoms with Gasteiger partial charge in [0.1, 0.15) is 0 Å². The summed E-state index contributed by atoms with van der Waals surface area (Å²) in [4.78, 5) is 0. The molecular formula is C10H16N2OS2. The van der Waals surface area contributed by atoms with Crippen molar-refractivity contribution in [2.75, 3.05) is 20.3 Å². The van der Waals surface area contributed by atoms with Crippen LogP contribution in [0.1, 0.15) is 18.5 Å². The van der Waals surface area contributed by atoms with Gasteiger partial charge in [-0.05, 0) is 41.5 Å². The summed E-state index contributed by atoms with van der Waals surface area (Å²) in [5, 5.41) is 11.1. The van der Waals surface area contributed by atoms with Gasteiger partial charge in [0.15, 0.2) is 5.11 Å². The summed E-state index contributed by atoms with van der Waals surface area (Å²) in [6.07, 6.45) is 0. The van der Waals surface area contributed by atoms with Crippen molar-refractivity contribution in [2.24, 2.45) is 0 Å². The highest BCUT2D eigenvalue weighted by atomic mass is 32.1. The highest BCUT2D eigenvalue weighted by Gasteiger charge is 2.06. The standard InChI is InChI=1S/C10H16N2OS2/c1-8(9-3-6-15-7-9)12-10(14)11-4-5-13-2/h3,6-8H,4-5H2,1-2H3,(H2,11,12,14). The molecule has 1 unspecified atom stereocenters. The van der Waals surface area contributed by atoms with Crippen molar-refractivity contribution >= 4 is 28.7 Å². The third-order valence-electron chi connectivity index (χ3n) is 1.98. The Labute approximate surface area is 99.8 Å². The number of hydrogen-bond acceptors (Lipinski definition) is 3. The molecule has 2 N–H and O–H groups in total. The molecule has 15 heavy (non-hydrogen) atoms. The molecule has 0 aliphatic rings. The Kier molecular flexibility index (Phi) is 5.60. The Morgan fingerprint density at radius 3 is 3.07 bits per heavy atom. The van der Waals surface area contributed by atoms with Gasteiger partial charge in [-0.15, -0.1) is 0 Å². The number of thiophene rings is 1. The molecule has 0 saturated carbocycles. The molecule has 0 spiro atoms. The van der Waals surface area contributed by atoms with Crippen molar-refractivity contribution in [3.05, 3.63) is 22.4 Å². The van der Waals surface area contributed by atoms with Crippen LogP contribution in [0.15, 0.2) is 16.8 Å². The molecule has 1 atom stereocenters. The monoisotopic (exact) mass is 244 g/mol. The van der Waals surface area contributed by atoms with Gasteiger partial charge in [0.25, 0.3) is 0 Å². The van der Waals surface area contributed by atoms with Gasteiger partial charge in [-0.25, -0.2) is 0 Å².